The molecule has 8 heteroatoms. The molecule has 1 atom stereocenters. The molecule has 0 radical (unpaired) electrons. The van der Waals surface area contributed by atoms with E-state index in [0.717, 1.165) is 19.6 Å². The number of primary sulfonamides is 1. The average Bonchev–Trinajstić information content (AvgIpc) is 2.65. The summed E-state index contributed by atoms with van der Waals surface area (Å²) in [6.07, 6.45) is 5.22. The molecule has 1 amide bonds. The van der Waals surface area contributed by atoms with Gasteiger partial charge in [0.15, 0.2) is 0 Å². The van der Waals surface area contributed by atoms with E-state index in [1.54, 1.807) is 18.2 Å². The minimum Gasteiger partial charge on any atom is -0.350 e. The Morgan fingerprint density at radius 3 is 2.67 bits per heavy atom. The molecule has 0 spiro atoms. The number of hydrogen-bond acceptors (Lipinski definition) is 5. The van der Waals surface area contributed by atoms with Crippen molar-refractivity contribution in [2.45, 2.75) is 31.1 Å². The Kier molecular flexibility index (Phi) is 6.08. The number of likely N-dealkylation sites (tertiary alicyclic amines) is 1. The topological polar surface area (TPSA) is 105 Å². The first-order valence-corrected chi connectivity index (χ1v) is 10.8. The van der Waals surface area contributed by atoms with Gasteiger partial charge in [-0.3, -0.25) is 9.78 Å². The lowest BCUT2D eigenvalue weighted by Crippen LogP contribution is -2.38. The number of nitrogens with one attached hydrogen (secondary N) is 1. The van der Waals surface area contributed by atoms with E-state index in [2.05, 4.69) is 22.1 Å². The number of amides is 1. The third-order valence-corrected chi connectivity index (χ3v) is 5.89. The molecule has 3 N–H and O–H groups in total. The molecule has 1 saturated heterocycles. The number of nitrogens with zero attached hydrogens (tertiary/aromatic N) is 2. The number of sulfonamides is 1. The Morgan fingerprint density at radius 2 is 1.96 bits per heavy atom. The van der Waals surface area contributed by atoms with Gasteiger partial charge in [-0.25, -0.2) is 13.6 Å². The summed E-state index contributed by atoms with van der Waals surface area (Å²) >= 11 is 0. The lowest BCUT2D eigenvalue weighted by Gasteiger charge is -2.29. The molecule has 2 heterocycles. The second-order valence-corrected chi connectivity index (χ2v) is 8.76. The second-order valence-electron chi connectivity index (χ2n) is 7.23. The molecule has 1 fully saturated rings. The second kappa shape index (κ2) is 8.33. The summed E-state index contributed by atoms with van der Waals surface area (Å²) in [5.74, 6) is 0.0136. The minimum atomic E-state index is -3.88. The SMILES string of the molecule is CC(CNC(=O)c1nccc2c(S(N)(=O)=O)cccc12)CN1CCCCC1. The highest BCUT2D eigenvalue weighted by Gasteiger charge is 2.19. The average molecular weight is 391 g/mol. The van der Waals surface area contributed by atoms with Crippen LogP contribution in [0.3, 0.4) is 0 Å². The van der Waals surface area contributed by atoms with Crippen LogP contribution in [0.4, 0.5) is 0 Å². The largest absolute Gasteiger partial charge is 0.350 e. The van der Waals surface area contributed by atoms with E-state index in [4.69, 9.17) is 5.14 Å². The van der Waals surface area contributed by atoms with Crippen molar-refractivity contribution in [2.24, 2.45) is 11.1 Å². The van der Waals surface area contributed by atoms with Gasteiger partial charge >= 0.3 is 0 Å². The van der Waals surface area contributed by atoms with E-state index in [1.807, 2.05) is 0 Å². The minimum absolute atomic E-state index is 0.00471. The highest BCUT2D eigenvalue weighted by Crippen LogP contribution is 2.23. The first-order chi connectivity index (χ1) is 12.9. The first-order valence-electron chi connectivity index (χ1n) is 9.27. The summed E-state index contributed by atoms with van der Waals surface area (Å²) in [4.78, 5) is 19.2. The molecule has 1 aliphatic heterocycles. The maximum Gasteiger partial charge on any atom is 0.270 e. The summed E-state index contributed by atoms with van der Waals surface area (Å²) in [6.45, 7) is 5.87. The van der Waals surface area contributed by atoms with Gasteiger partial charge in [-0.2, -0.15) is 0 Å². The molecule has 2 aromatic rings. The fraction of sp³-hybridized carbons (Fsp3) is 0.474. The monoisotopic (exact) mass is 390 g/mol. The molecule has 1 aromatic carbocycles. The molecule has 27 heavy (non-hydrogen) atoms. The zero-order chi connectivity index (χ0) is 19.4. The Balaban J connectivity index is 1.72. The van der Waals surface area contributed by atoms with E-state index in [-0.39, 0.29) is 16.5 Å². The van der Waals surface area contributed by atoms with Crippen molar-refractivity contribution in [1.29, 1.82) is 0 Å². The maximum atomic E-state index is 12.6. The van der Waals surface area contributed by atoms with E-state index < -0.39 is 10.0 Å². The number of nitrogens with two attached hydrogens (primary N) is 1. The van der Waals surface area contributed by atoms with Crippen molar-refractivity contribution in [2.75, 3.05) is 26.2 Å². The fourth-order valence-electron chi connectivity index (χ4n) is 3.61. The van der Waals surface area contributed by atoms with Crippen LogP contribution in [0.25, 0.3) is 10.8 Å². The van der Waals surface area contributed by atoms with Crippen molar-refractivity contribution < 1.29 is 13.2 Å². The Hall–Kier alpha value is -2.03. The van der Waals surface area contributed by atoms with Gasteiger partial charge in [0.05, 0.1) is 4.90 Å². The van der Waals surface area contributed by atoms with Crippen LogP contribution in [0.2, 0.25) is 0 Å². The van der Waals surface area contributed by atoms with Crippen molar-refractivity contribution in [3.63, 3.8) is 0 Å². The van der Waals surface area contributed by atoms with Crippen molar-refractivity contribution >= 4 is 26.7 Å². The summed E-state index contributed by atoms with van der Waals surface area (Å²) in [7, 11) is -3.88. The van der Waals surface area contributed by atoms with Gasteiger partial charge in [-0.05, 0) is 44.0 Å². The van der Waals surface area contributed by atoms with E-state index in [9.17, 15) is 13.2 Å². The Labute approximate surface area is 160 Å². The molecule has 146 valence electrons. The number of carbonyl (C=O) groups excluding carboxylic acids is 1. The van der Waals surface area contributed by atoms with E-state index in [0.29, 0.717) is 23.2 Å². The number of aromatic nitrogens is 1. The number of pyridine rings is 1. The van der Waals surface area contributed by atoms with Crippen LogP contribution in [0.15, 0.2) is 35.4 Å². The van der Waals surface area contributed by atoms with Crippen molar-refractivity contribution in [1.82, 2.24) is 15.2 Å². The van der Waals surface area contributed by atoms with Crippen LogP contribution in [0.5, 0.6) is 0 Å². The molecule has 1 aromatic heterocycles. The summed E-state index contributed by atoms with van der Waals surface area (Å²) in [5, 5.41) is 9.09. The van der Waals surface area contributed by atoms with E-state index in [1.165, 1.54) is 31.5 Å². The van der Waals surface area contributed by atoms with Crippen LogP contribution >= 0.6 is 0 Å². The van der Waals surface area contributed by atoms with Gasteiger partial charge in [0, 0.05) is 30.1 Å². The van der Waals surface area contributed by atoms with Gasteiger partial charge < -0.3 is 10.2 Å². The molecule has 1 unspecified atom stereocenters. The van der Waals surface area contributed by atoms with Crippen LogP contribution in [-0.2, 0) is 10.0 Å². The van der Waals surface area contributed by atoms with Crippen LogP contribution in [-0.4, -0.2) is 50.4 Å². The summed E-state index contributed by atoms with van der Waals surface area (Å²) in [5.41, 5.74) is 0.211. The third-order valence-electron chi connectivity index (χ3n) is 4.92. The number of benzene rings is 1. The predicted octanol–water partition coefficient (Wildman–Crippen LogP) is 1.73. The number of piperidine rings is 1. The molecule has 7 nitrogen and oxygen atoms in total. The highest BCUT2D eigenvalue weighted by molar-refractivity contribution is 7.89. The molecule has 0 saturated carbocycles. The van der Waals surface area contributed by atoms with Gasteiger partial charge in [0.2, 0.25) is 10.0 Å². The van der Waals surface area contributed by atoms with Crippen LogP contribution in [0.1, 0.15) is 36.7 Å². The molecular formula is C19H26N4O3S. The smallest absolute Gasteiger partial charge is 0.270 e. The molecule has 0 bridgehead atoms. The highest BCUT2D eigenvalue weighted by atomic mass is 32.2. The van der Waals surface area contributed by atoms with Gasteiger partial charge in [0.1, 0.15) is 5.69 Å². The zero-order valence-electron chi connectivity index (χ0n) is 15.5. The third kappa shape index (κ3) is 4.82. The summed E-state index contributed by atoms with van der Waals surface area (Å²) in [6, 6.07) is 6.24. The first kappa shape index (κ1) is 19.7. The van der Waals surface area contributed by atoms with Crippen molar-refractivity contribution in [3.8, 4) is 0 Å². The lowest BCUT2D eigenvalue weighted by atomic mass is 10.1. The normalized spacial score (nSPS) is 17.0. The van der Waals surface area contributed by atoms with Crippen LogP contribution < -0.4 is 10.5 Å². The maximum absolute atomic E-state index is 12.6. The predicted molar refractivity (Wildman–Crippen MR) is 105 cm³/mol. The Morgan fingerprint density at radius 1 is 1.22 bits per heavy atom. The fourth-order valence-corrected chi connectivity index (χ4v) is 4.36. The molecule has 1 aliphatic rings. The Bertz CT molecular complexity index is 924. The number of hydrogen-bond donors (Lipinski definition) is 2. The number of rotatable bonds is 6. The lowest BCUT2D eigenvalue weighted by molar-refractivity contribution is 0.0939. The molecule has 0 aliphatic carbocycles. The van der Waals surface area contributed by atoms with E-state index >= 15 is 0 Å². The quantitative estimate of drug-likeness (QED) is 0.781. The van der Waals surface area contributed by atoms with Crippen LogP contribution in [0, 0.1) is 5.92 Å². The van der Waals surface area contributed by atoms with Crippen molar-refractivity contribution in [3.05, 3.63) is 36.2 Å². The summed E-state index contributed by atoms with van der Waals surface area (Å²) < 4.78 is 23.6. The van der Waals surface area contributed by atoms with Gasteiger partial charge in [-0.1, -0.05) is 25.5 Å². The standard InChI is InChI=1S/C19H26N4O3S/c1-14(13-23-10-3-2-4-11-23)12-22-19(24)18-16-6-5-7-17(27(20,25)26)15(16)8-9-21-18/h5-9,14H,2-4,10-13H2,1H3,(H,22,24)(H2,20,25,26). The molecule has 3 rings (SSSR count). The van der Waals surface area contributed by atoms with Gasteiger partial charge in [0.25, 0.3) is 5.91 Å². The zero-order valence-corrected chi connectivity index (χ0v) is 16.3. The number of carbonyl (C=O) groups is 1. The number of fused-ring (bicyclic) bond motifs is 1. The molecular weight excluding hydrogens is 364 g/mol. The van der Waals surface area contributed by atoms with Gasteiger partial charge in [-0.15, -0.1) is 0 Å².